The Hall–Kier alpha value is -2.72. The monoisotopic (exact) mass is 424 g/mol. The quantitative estimate of drug-likeness (QED) is 0.449. The molecule has 0 saturated carbocycles. The summed E-state index contributed by atoms with van der Waals surface area (Å²) in [7, 11) is 6.05. The van der Waals surface area contributed by atoms with Crippen molar-refractivity contribution < 1.29 is 33.3 Å². The van der Waals surface area contributed by atoms with Crippen LogP contribution in [0.3, 0.4) is 0 Å². The van der Waals surface area contributed by atoms with E-state index in [0.29, 0.717) is 42.4 Å². The van der Waals surface area contributed by atoms with Gasteiger partial charge in [0, 0.05) is 31.9 Å². The topological polar surface area (TPSA) is 103 Å². The van der Waals surface area contributed by atoms with Gasteiger partial charge in [-0.25, -0.2) is 0 Å². The van der Waals surface area contributed by atoms with Gasteiger partial charge in [0.15, 0.2) is 11.5 Å². The number of ether oxygens (including phenoxy) is 4. The predicted molar refractivity (Wildman–Crippen MR) is 108 cm³/mol. The first-order valence-electron chi connectivity index (χ1n) is 8.76. The van der Waals surface area contributed by atoms with E-state index in [0.717, 1.165) is 16.7 Å². The minimum atomic E-state index is -0.538. The van der Waals surface area contributed by atoms with Crippen LogP contribution in [0.25, 0.3) is 6.08 Å². The normalized spacial score (nSPS) is 15.0. The zero-order chi connectivity index (χ0) is 21.4. The minimum Gasteiger partial charge on any atom is -0.496 e. The number of amides is 3. The van der Waals surface area contributed by atoms with Crippen molar-refractivity contribution in [3.8, 4) is 17.2 Å². The van der Waals surface area contributed by atoms with Gasteiger partial charge in [-0.2, -0.15) is 0 Å². The Labute approximate surface area is 173 Å². The second kappa shape index (κ2) is 10.7. The van der Waals surface area contributed by atoms with Crippen molar-refractivity contribution in [2.75, 3.05) is 48.1 Å². The Kier molecular flexibility index (Phi) is 8.34. The number of carbonyl (C=O) groups excluding carboxylic acids is 3. The Morgan fingerprint density at radius 1 is 1.07 bits per heavy atom. The fraction of sp³-hybridized carbons (Fsp3) is 0.421. The van der Waals surface area contributed by atoms with Crippen LogP contribution in [0.5, 0.6) is 17.2 Å². The Morgan fingerprint density at radius 3 is 2.34 bits per heavy atom. The van der Waals surface area contributed by atoms with Gasteiger partial charge in [0.25, 0.3) is 11.1 Å². The summed E-state index contributed by atoms with van der Waals surface area (Å²) in [5.74, 6) is 0.427. The fourth-order valence-electron chi connectivity index (χ4n) is 2.59. The molecule has 1 saturated heterocycles. The maximum absolute atomic E-state index is 12.6. The Bertz CT molecular complexity index is 810. The standard InChI is InChI=1S/C19H24N2O7S/c1-25-7-5-6-20-17(22)11-21-18(23)16(29-19(21)24)9-12-8-14(27-3)15(28-4)10-13(12)26-2/h8-10H,5-7,11H2,1-4H3,(H,20,22)/b16-9-. The van der Waals surface area contributed by atoms with E-state index in [1.165, 1.54) is 27.4 Å². The average Bonchev–Trinajstić information content (AvgIpc) is 2.98. The summed E-state index contributed by atoms with van der Waals surface area (Å²) in [6, 6.07) is 3.27. The summed E-state index contributed by atoms with van der Waals surface area (Å²) in [6.45, 7) is 0.581. The zero-order valence-corrected chi connectivity index (χ0v) is 17.6. The van der Waals surface area contributed by atoms with Crippen molar-refractivity contribution in [2.24, 2.45) is 0 Å². The number of nitrogens with zero attached hydrogens (tertiary/aromatic N) is 1. The van der Waals surface area contributed by atoms with Crippen LogP contribution in [0.1, 0.15) is 12.0 Å². The van der Waals surface area contributed by atoms with E-state index >= 15 is 0 Å². The van der Waals surface area contributed by atoms with Gasteiger partial charge < -0.3 is 24.3 Å². The van der Waals surface area contributed by atoms with Gasteiger partial charge in [0.2, 0.25) is 5.91 Å². The van der Waals surface area contributed by atoms with Crippen molar-refractivity contribution in [1.29, 1.82) is 0 Å². The van der Waals surface area contributed by atoms with Crippen LogP contribution in [0, 0.1) is 0 Å². The molecular formula is C19H24N2O7S. The lowest BCUT2D eigenvalue weighted by Gasteiger charge is -2.13. The third-order valence-electron chi connectivity index (χ3n) is 4.05. The first kappa shape index (κ1) is 22.6. The van der Waals surface area contributed by atoms with Crippen LogP contribution in [0.15, 0.2) is 17.0 Å². The molecule has 0 radical (unpaired) electrons. The predicted octanol–water partition coefficient (Wildman–Crippen LogP) is 1.90. The summed E-state index contributed by atoms with van der Waals surface area (Å²) in [5.41, 5.74) is 0.541. The van der Waals surface area contributed by atoms with Gasteiger partial charge in [-0.3, -0.25) is 19.3 Å². The van der Waals surface area contributed by atoms with E-state index in [1.54, 1.807) is 19.2 Å². The molecule has 158 valence electrons. The number of nitrogens with one attached hydrogen (secondary N) is 1. The molecule has 1 N–H and O–H groups in total. The number of hydrogen-bond donors (Lipinski definition) is 1. The van der Waals surface area contributed by atoms with E-state index in [2.05, 4.69) is 5.32 Å². The van der Waals surface area contributed by atoms with E-state index < -0.39 is 17.1 Å². The highest BCUT2D eigenvalue weighted by atomic mass is 32.2. The Morgan fingerprint density at radius 2 is 1.72 bits per heavy atom. The van der Waals surface area contributed by atoms with Gasteiger partial charge in [-0.05, 0) is 30.3 Å². The molecule has 1 aliphatic heterocycles. The number of rotatable bonds is 10. The van der Waals surface area contributed by atoms with Crippen molar-refractivity contribution in [1.82, 2.24) is 10.2 Å². The SMILES string of the molecule is COCCCNC(=O)CN1C(=O)S/C(=C\c2cc(OC)c(OC)cc2OC)C1=O. The maximum atomic E-state index is 12.6. The Balaban J connectivity index is 2.16. The van der Waals surface area contributed by atoms with Crippen LogP contribution in [-0.2, 0) is 14.3 Å². The molecule has 0 bridgehead atoms. The van der Waals surface area contributed by atoms with Gasteiger partial charge in [0.1, 0.15) is 12.3 Å². The molecule has 0 atom stereocenters. The number of methoxy groups -OCH3 is 4. The summed E-state index contributed by atoms with van der Waals surface area (Å²) in [4.78, 5) is 38.0. The molecule has 3 amide bonds. The van der Waals surface area contributed by atoms with E-state index in [4.69, 9.17) is 18.9 Å². The highest BCUT2D eigenvalue weighted by Gasteiger charge is 2.36. The molecule has 0 spiro atoms. The second-order valence-corrected chi connectivity index (χ2v) is 6.91. The summed E-state index contributed by atoms with van der Waals surface area (Å²) in [5, 5.41) is 2.15. The number of thioether (sulfide) groups is 1. The highest BCUT2D eigenvalue weighted by Crippen LogP contribution is 2.38. The molecular weight excluding hydrogens is 400 g/mol. The van der Waals surface area contributed by atoms with E-state index in [9.17, 15) is 14.4 Å². The molecule has 1 aromatic rings. The molecule has 1 fully saturated rings. The summed E-state index contributed by atoms with van der Waals surface area (Å²) < 4.78 is 20.8. The third-order valence-corrected chi connectivity index (χ3v) is 4.95. The number of carbonyl (C=O) groups is 3. The number of imide groups is 1. The van der Waals surface area contributed by atoms with Crippen molar-refractivity contribution in [2.45, 2.75) is 6.42 Å². The van der Waals surface area contributed by atoms with Crippen molar-refractivity contribution >= 4 is 34.9 Å². The van der Waals surface area contributed by atoms with Crippen LogP contribution < -0.4 is 19.5 Å². The molecule has 0 aromatic heterocycles. The molecule has 0 aliphatic carbocycles. The van der Waals surface area contributed by atoms with E-state index in [1.807, 2.05) is 0 Å². The lowest BCUT2D eigenvalue weighted by molar-refractivity contribution is -0.129. The summed E-state index contributed by atoms with van der Waals surface area (Å²) in [6.07, 6.45) is 2.17. The lowest BCUT2D eigenvalue weighted by atomic mass is 10.1. The largest absolute Gasteiger partial charge is 0.496 e. The lowest BCUT2D eigenvalue weighted by Crippen LogP contribution is -2.39. The number of hydrogen-bond acceptors (Lipinski definition) is 8. The second-order valence-electron chi connectivity index (χ2n) is 5.91. The first-order valence-corrected chi connectivity index (χ1v) is 9.57. The molecule has 9 nitrogen and oxygen atoms in total. The highest BCUT2D eigenvalue weighted by molar-refractivity contribution is 8.18. The van der Waals surface area contributed by atoms with Gasteiger partial charge in [-0.15, -0.1) is 0 Å². The number of benzene rings is 1. The van der Waals surface area contributed by atoms with Gasteiger partial charge in [0.05, 0.1) is 26.2 Å². The van der Waals surface area contributed by atoms with Crippen LogP contribution in [-0.4, -0.2) is 70.1 Å². The van der Waals surface area contributed by atoms with Gasteiger partial charge >= 0.3 is 0 Å². The smallest absolute Gasteiger partial charge is 0.294 e. The fourth-order valence-corrected chi connectivity index (χ4v) is 3.42. The summed E-state index contributed by atoms with van der Waals surface area (Å²) >= 11 is 0.764. The van der Waals surface area contributed by atoms with Crippen molar-refractivity contribution in [3.05, 3.63) is 22.6 Å². The van der Waals surface area contributed by atoms with Crippen molar-refractivity contribution in [3.63, 3.8) is 0 Å². The molecule has 29 heavy (non-hydrogen) atoms. The van der Waals surface area contributed by atoms with Crippen LogP contribution >= 0.6 is 11.8 Å². The average molecular weight is 424 g/mol. The molecule has 1 aromatic carbocycles. The molecule has 2 rings (SSSR count). The minimum absolute atomic E-state index is 0.188. The van der Waals surface area contributed by atoms with Gasteiger partial charge in [-0.1, -0.05) is 0 Å². The van der Waals surface area contributed by atoms with Crippen LogP contribution in [0.2, 0.25) is 0 Å². The molecule has 1 heterocycles. The molecule has 1 aliphatic rings. The maximum Gasteiger partial charge on any atom is 0.294 e. The van der Waals surface area contributed by atoms with E-state index in [-0.39, 0.29) is 11.4 Å². The first-order chi connectivity index (χ1) is 13.9. The molecule has 10 heteroatoms. The molecule has 0 unspecified atom stereocenters. The third kappa shape index (κ3) is 5.64. The van der Waals surface area contributed by atoms with Crippen LogP contribution in [0.4, 0.5) is 4.79 Å². The zero-order valence-electron chi connectivity index (χ0n) is 16.8.